The van der Waals surface area contributed by atoms with E-state index in [-0.39, 0.29) is 23.2 Å². The number of nitrogens with one attached hydrogen (secondary N) is 2. The Hall–Kier alpha value is -2.97. The maximum atomic E-state index is 12.4. The molecule has 2 aromatic heterocycles. The van der Waals surface area contributed by atoms with Gasteiger partial charge in [-0.15, -0.1) is 0 Å². The summed E-state index contributed by atoms with van der Waals surface area (Å²) >= 11 is 0. The average molecular weight is 329 g/mol. The van der Waals surface area contributed by atoms with Crippen LogP contribution >= 0.6 is 0 Å². The first-order valence-electron chi connectivity index (χ1n) is 7.82. The van der Waals surface area contributed by atoms with Crippen molar-refractivity contribution in [2.75, 3.05) is 18.0 Å². The molecule has 3 rings (SSSR count). The number of fused-ring (bicyclic) bond motifs is 1. The van der Waals surface area contributed by atoms with Crippen LogP contribution in [-0.4, -0.2) is 32.4 Å². The predicted molar refractivity (Wildman–Crippen MR) is 88.4 cm³/mol. The van der Waals surface area contributed by atoms with Crippen LogP contribution in [0.3, 0.4) is 0 Å². The topological polar surface area (TPSA) is 153 Å². The van der Waals surface area contributed by atoms with Crippen molar-refractivity contribution in [1.29, 1.82) is 0 Å². The van der Waals surface area contributed by atoms with Gasteiger partial charge < -0.3 is 21.8 Å². The van der Waals surface area contributed by atoms with Crippen molar-refractivity contribution in [2.45, 2.75) is 32.1 Å². The van der Waals surface area contributed by atoms with Crippen molar-refractivity contribution < 1.29 is 4.79 Å². The molecule has 0 aromatic carbocycles. The van der Waals surface area contributed by atoms with Crippen molar-refractivity contribution in [2.24, 2.45) is 0 Å². The third-order valence-corrected chi connectivity index (χ3v) is 3.87. The first kappa shape index (κ1) is 15.9. The first-order chi connectivity index (χ1) is 11.5. The lowest BCUT2D eigenvalue weighted by atomic mass is 9.94. The highest BCUT2D eigenvalue weighted by Gasteiger charge is 2.21. The summed E-state index contributed by atoms with van der Waals surface area (Å²) < 4.78 is 0. The third-order valence-electron chi connectivity index (χ3n) is 3.87. The molecule has 2 heterocycles. The predicted octanol–water partition coefficient (Wildman–Crippen LogP) is -0.424. The quantitative estimate of drug-likeness (QED) is 0.594. The van der Waals surface area contributed by atoms with E-state index in [2.05, 4.69) is 25.3 Å². The van der Waals surface area contributed by atoms with Gasteiger partial charge in [-0.1, -0.05) is 0 Å². The number of anilines is 2. The second-order valence-corrected chi connectivity index (χ2v) is 5.69. The van der Waals surface area contributed by atoms with Crippen LogP contribution < -0.4 is 22.3 Å². The summed E-state index contributed by atoms with van der Waals surface area (Å²) in [5.74, 6) is 0.387. The Morgan fingerprint density at radius 3 is 2.79 bits per heavy atom. The van der Waals surface area contributed by atoms with E-state index >= 15 is 0 Å². The number of carbonyl (C=O) groups excluding carboxylic acids is 1. The highest BCUT2D eigenvalue weighted by atomic mass is 16.2. The molecule has 9 nitrogen and oxygen atoms in total. The number of aryl methyl sites for hydroxylation is 1. The summed E-state index contributed by atoms with van der Waals surface area (Å²) in [7, 11) is 0. The standard InChI is InChI=1S/C15H19N7O2/c16-10-7-12(23)21-11(20-10)5-6-18-14(24)13-8-3-1-2-4-9(8)19-15(17)22-13/h7H,1-6H2,(H,18,24)(H2,17,19,22)(H3,16,20,21,23). The average Bonchev–Trinajstić information content (AvgIpc) is 2.53. The summed E-state index contributed by atoms with van der Waals surface area (Å²) in [5.41, 5.74) is 13.0. The molecule has 1 amide bonds. The molecule has 0 saturated heterocycles. The second-order valence-electron chi connectivity index (χ2n) is 5.69. The lowest BCUT2D eigenvalue weighted by molar-refractivity contribution is 0.0947. The van der Waals surface area contributed by atoms with Gasteiger partial charge in [0, 0.05) is 30.3 Å². The first-order valence-corrected chi connectivity index (χ1v) is 7.82. The number of hydrogen-bond acceptors (Lipinski definition) is 7. The number of nitrogen functional groups attached to an aromatic ring is 2. The van der Waals surface area contributed by atoms with Crippen LogP contribution in [0.1, 0.15) is 40.4 Å². The molecule has 2 aromatic rings. The Morgan fingerprint density at radius 1 is 1.21 bits per heavy atom. The highest BCUT2D eigenvalue weighted by molar-refractivity contribution is 5.94. The number of nitrogens with zero attached hydrogens (tertiary/aromatic N) is 3. The fraction of sp³-hybridized carbons (Fsp3) is 0.400. The Labute approximate surface area is 137 Å². The summed E-state index contributed by atoms with van der Waals surface area (Å²) in [6.07, 6.45) is 4.00. The Balaban J connectivity index is 1.69. The van der Waals surface area contributed by atoms with Crippen molar-refractivity contribution in [3.63, 3.8) is 0 Å². The Morgan fingerprint density at radius 2 is 2.00 bits per heavy atom. The molecule has 0 aliphatic heterocycles. The van der Waals surface area contributed by atoms with Crippen LogP contribution in [0.2, 0.25) is 0 Å². The number of nitrogens with two attached hydrogens (primary N) is 2. The zero-order valence-electron chi connectivity index (χ0n) is 13.1. The van der Waals surface area contributed by atoms with Crippen LogP contribution in [-0.2, 0) is 19.3 Å². The van der Waals surface area contributed by atoms with Gasteiger partial charge in [-0.05, 0) is 25.7 Å². The molecule has 0 unspecified atom stereocenters. The summed E-state index contributed by atoms with van der Waals surface area (Å²) in [6, 6.07) is 1.21. The van der Waals surface area contributed by atoms with Crippen LogP contribution in [0.5, 0.6) is 0 Å². The van der Waals surface area contributed by atoms with E-state index in [1.54, 1.807) is 0 Å². The van der Waals surface area contributed by atoms with Crippen molar-refractivity contribution >= 4 is 17.7 Å². The number of rotatable bonds is 4. The van der Waals surface area contributed by atoms with Crippen molar-refractivity contribution in [3.05, 3.63) is 39.2 Å². The van der Waals surface area contributed by atoms with Crippen molar-refractivity contribution in [3.8, 4) is 0 Å². The molecule has 6 N–H and O–H groups in total. The molecular formula is C15H19N7O2. The molecule has 9 heteroatoms. The maximum absolute atomic E-state index is 12.4. The van der Waals surface area contributed by atoms with Crippen LogP contribution in [0.4, 0.5) is 11.8 Å². The molecule has 0 fully saturated rings. The smallest absolute Gasteiger partial charge is 0.270 e. The van der Waals surface area contributed by atoms with Gasteiger partial charge in [0.2, 0.25) is 5.95 Å². The van der Waals surface area contributed by atoms with Crippen LogP contribution in [0, 0.1) is 0 Å². The second kappa shape index (κ2) is 6.65. The molecule has 0 atom stereocenters. The lowest BCUT2D eigenvalue weighted by Gasteiger charge is -2.17. The fourth-order valence-corrected chi connectivity index (χ4v) is 2.83. The zero-order valence-corrected chi connectivity index (χ0v) is 13.1. The largest absolute Gasteiger partial charge is 0.383 e. The summed E-state index contributed by atoms with van der Waals surface area (Å²) in [5, 5.41) is 2.78. The van der Waals surface area contributed by atoms with E-state index < -0.39 is 0 Å². The van der Waals surface area contributed by atoms with Crippen LogP contribution in [0.15, 0.2) is 10.9 Å². The fourth-order valence-electron chi connectivity index (χ4n) is 2.83. The lowest BCUT2D eigenvalue weighted by Crippen LogP contribution is -2.30. The molecule has 126 valence electrons. The highest BCUT2D eigenvalue weighted by Crippen LogP contribution is 2.22. The van der Waals surface area contributed by atoms with Gasteiger partial charge in [-0.2, -0.15) is 0 Å². The van der Waals surface area contributed by atoms with Crippen LogP contribution in [0.25, 0.3) is 0 Å². The van der Waals surface area contributed by atoms with Gasteiger partial charge in [-0.25, -0.2) is 15.0 Å². The van der Waals surface area contributed by atoms with Gasteiger partial charge in [0.15, 0.2) is 0 Å². The molecule has 24 heavy (non-hydrogen) atoms. The molecule has 1 aliphatic rings. The maximum Gasteiger partial charge on any atom is 0.270 e. The minimum Gasteiger partial charge on any atom is -0.383 e. The van der Waals surface area contributed by atoms with Gasteiger partial charge in [0.1, 0.15) is 17.3 Å². The Kier molecular flexibility index (Phi) is 4.41. The van der Waals surface area contributed by atoms with E-state index in [0.29, 0.717) is 24.5 Å². The zero-order chi connectivity index (χ0) is 17.1. The van der Waals surface area contributed by atoms with Gasteiger partial charge in [0.05, 0.1) is 0 Å². The molecule has 0 bridgehead atoms. The normalized spacial score (nSPS) is 13.3. The molecule has 0 radical (unpaired) electrons. The van der Waals surface area contributed by atoms with E-state index in [1.165, 1.54) is 6.07 Å². The molecule has 0 spiro atoms. The van der Waals surface area contributed by atoms with Crippen molar-refractivity contribution in [1.82, 2.24) is 25.3 Å². The molecule has 0 saturated carbocycles. The van der Waals surface area contributed by atoms with Gasteiger partial charge >= 0.3 is 0 Å². The summed E-state index contributed by atoms with van der Waals surface area (Å²) in [4.78, 5) is 38.7. The number of amides is 1. The van der Waals surface area contributed by atoms with E-state index in [0.717, 1.165) is 36.9 Å². The number of H-pyrrole nitrogens is 1. The van der Waals surface area contributed by atoms with E-state index in [4.69, 9.17) is 11.5 Å². The molecular weight excluding hydrogens is 310 g/mol. The monoisotopic (exact) mass is 329 g/mol. The molecule has 1 aliphatic carbocycles. The van der Waals surface area contributed by atoms with E-state index in [1.807, 2.05) is 0 Å². The van der Waals surface area contributed by atoms with Gasteiger partial charge in [0.25, 0.3) is 11.5 Å². The van der Waals surface area contributed by atoms with E-state index in [9.17, 15) is 9.59 Å². The number of carbonyl (C=O) groups is 1. The number of aromatic amines is 1. The van der Waals surface area contributed by atoms with Gasteiger partial charge in [-0.3, -0.25) is 9.59 Å². The SMILES string of the molecule is Nc1cc(=O)[nH]c(CCNC(=O)c2nc(N)nc3c2CCCC3)n1. The minimum atomic E-state index is -0.318. The summed E-state index contributed by atoms with van der Waals surface area (Å²) in [6.45, 7) is 0.296. The Bertz CT molecular complexity index is 831. The number of hydrogen-bond donors (Lipinski definition) is 4. The third kappa shape index (κ3) is 3.50. The minimum absolute atomic E-state index is 0.114. The number of aromatic nitrogens is 4.